The summed E-state index contributed by atoms with van der Waals surface area (Å²) in [6, 6.07) is 7.10. The molecular weight excluding hydrogens is 216 g/mol. The Hall–Kier alpha value is -1.68. The number of rotatable bonds is 1. The second-order valence-corrected chi connectivity index (χ2v) is 4.73. The van der Waals surface area contributed by atoms with Crippen LogP contribution >= 0.6 is 0 Å². The maximum absolute atomic E-state index is 12.2. The number of carbonyl (C=O) groups excluding carboxylic acids is 2. The molecule has 17 heavy (non-hydrogen) atoms. The first kappa shape index (κ1) is 10.5. The number of amides is 2. The normalized spacial score (nSPS) is 24.5. The number of benzene rings is 1. The highest BCUT2D eigenvalue weighted by Gasteiger charge is 2.41. The second kappa shape index (κ2) is 3.67. The molecule has 1 aromatic carbocycles. The van der Waals surface area contributed by atoms with Crippen LogP contribution in [0.3, 0.4) is 0 Å². The molecule has 2 heterocycles. The van der Waals surface area contributed by atoms with Crippen molar-refractivity contribution in [1.29, 1.82) is 0 Å². The Morgan fingerprint density at radius 2 is 1.71 bits per heavy atom. The van der Waals surface area contributed by atoms with Crippen molar-refractivity contribution >= 4 is 11.8 Å². The van der Waals surface area contributed by atoms with Gasteiger partial charge in [0.15, 0.2) is 0 Å². The molecule has 4 heteroatoms. The quantitative estimate of drug-likeness (QED) is 0.675. The van der Waals surface area contributed by atoms with Gasteiger partial charge in [-0.3, -0.25) is 14.5 Å². The van der Waals surface area contributed by atoms with E-state index in [2.05, 4.69) is 4.90 Å². The van der Waals surface area contributed by atoms with E-state index < -0.39 is 0 Å². The van der Waals surface area contributed by atoms with Crippen LogP contribution in [0.2, 0.25) is 0 Å². The van der Waals surface area contributed by atoms with Gasteiger partial charge in [0.05, 0.1) is 17.2 Å². The molecule has 2 aliphatic rings. The Balaban J connectivity index is 1.95. The summed E-state index contributed by atoms with van der Waals surface area (Å²) in [4.78, 5) is 28.0. The first-order valence-corrected chi connectivity index (χ1v) is 5.84. The van der Waals surface area contributed by atoms with Gasteiger partial charge in [-0.1, -0.05) is 12.1 Å². The monoisotopic (exact) mass is 230 g/mol. The smallest absolute Gasteiger partial charge is 0.261 e. The minimum absolute atomic E-state index is 0.0346. The van der Waals surface area contributed by atoms with E-state index in [1.807, 2.05) is 7.05 Å². The Morgan fingerprint density at radius 3 is 2.18 bits per heavy atom. The van der Waals surface area contributed by atoms with Crippen LogP contribution in [0.4, 0.5) is 0 Å². The van der Waals surface area contributed by atoms with Crippen LogP contribution in [0.15, 0.2) is 24.3 Å². The van der Waals surface area contributed by atoms with Crippen LogP contribution in [0.25, 0.3) is 0 Å². The molecule has 88 valence electrons. The van der Waals surface area contributed by atoms with Crippen LogP contribution in [0, 0.1) is 0 Å². The Kier molecular flexibility index (Phi) is 2.26. The topological polar surface area (TPSA) is 40.6 Å². The van der Waals surface area contributed by atoms with Gasteiger partial charge < -0.3 is 4.90 Å². The van der Waals surface area contributed by atoms with Crippen molar-refractivity contribution in [1.82, 2.24) is 9.80 Å². The van der Waals surface area contributed by atoms with Crippen molar-refractivity contribution in [2.45, 2.75) is 12.5 Å². The van der Waals surface area contributed by atoms with Gasteiger partial charge in [-0.2, -0.15) is 0 Å². The molecule has 2 amide bonds. The number of likely N-dealkylation sites (tertiary alicyclic amines) is 1. The zero-order valence-electron chi connectivity index (χ0n) is 9.72. The minimum Gasteiger partial charge on any atom is -0.304 e. The van der Waals surface area contributed by atoms with Gasteiger partial charge in [0.2, 0.25) is 0 Å². The molecule has 2 aliphatic heterocycles. The van der Waals surface area contributed by atoms with Crippen molar-refractivity contribution < 1.29 is 9.59 Å². The number of nitrogens with zero attached hydrogens (tertiary/aromatic N) is 2. The molecule has 1 fully saturated rings. The molecule has 0 aliphatic carbocycles. The molecule has 1 saturated heterocycles. The molecule has 0 saturated carbocycles. The van der Waals surface area contributed by atoms with Crippen LogP contribution in [-0.2, 0) is 0 Å². The van der Waals surface area contributed by atoms with Crippen LogP contribution in [0.1, 0.15) is 27.1 Å². The standard InChI is InChI=1S/C13H14N2O2/c1-14-7-6-9(8-14)15-12(16)10-4-2-3-5-11(10)13(15)17/h2-5,9H,6-8H2,1H3. The summed E-state index contributed by atoms with van der Waals surface area (Å²) in [5, 5.41) is 0. The van der Waals surface area contributed by atoms with E-state index in [0.717, 1.165) is 19.5 Å². The minimum atomic E-state index is -0.133. The van der Waals surface area contributed by atoms with Gasteiger partial charge in [-0.25, -0.2) is 0 Å². The summed E-state index contributed by atoms with van der Waals surface area (Å²) >= 11 is 0. The van der Waals surface area contributed by atoms with E-state index in [0.29, 0.717) is 11.1 Å². The van der Waals surface area contributed by atoms with Crippen molar-refractivity contribution in [3.8, 4) is 0 Å². The number of hydrogen-bond donors (Lipinski definition) is 0. The highest BCUT2D eigenvalue weighted by atomic mass is 16.2. The molecular formula is C13H14N2O2. The fourth-order valence-electron chi connectivity index (χ4n) is 2.66. The van der Waals surface area contributed by atoms with Gasteiger partial charge in [0.1, 0.15) is 0 Å². The van der Waals surface area contributed by atoms with Crippen molar-refractivity contribution in [2.24, 2.45) is 0 Å². The first-order valence-electron chi connectivity index (χ1n) is 5.84. The predicted molar refractivity (Wildman–Crippen MR) is 62.8 cm³/mol. The molecule has 0 aromatic heterocycles. The van der Waals surface area contributed by atoms with E-state index >= 15 is 0 Å². The lowest BCUT2D eigenvalue weighted by molar-refractivity contribution is 0.0590. The molecule has 0 spiro atoms. The van der Waals surface area contributed by atoms with Crippen molar-refractivity contribution in [2.75, 3.05) is 20.1 Å². The summed E-state index contributed by atoms with van der Waals surface area (Å²) < 4.78 is 0. The molecule has 1 unspecified atom stereocenters. The van der Waals surface area contributed by atoms with Crippen molar-refractivity contribution in [3.63, 3.8) is 0 Å². The SMILES string of the molecule is CN1CCC(N2C(=O)c3ccccc3C2=O)C1. The lowest BCUT2D eigenvalue weighted by Crippen LogP contribution is -2.41. The van der Waals surface area contributed by atoms with Gasteiger partial charge in [-0.05, 0) is 32.1 Å². The van der Waals surface area contributed by atoms with Gasteiger partial charge in [0.25, 0.3) is 11.8 Å². The number of likely N-dealkylation sites (N-methyl/N-ethyl adjacent to an activating group) is 1. The third-order valence-corrected chi connectivity index (χ3v) is 3.56. The molecule has 4 nitrogen and oxygen atoms in total. The average molecular weight is 230 g/mol. The zero-order valence-corrected chi connectivity index (χ0v) is 9.72. The van der Waals surface area contributed by atoms with Gasteiger partial charge in [0, 0.05) is 6.54 Å². The van der Waals surface area contributed by atoms with Crippen LogP contribution in [-0.4, -0.2) is 47.8 Å². The third-order valence-electron chi connectivity index (χ3n) is 3.56. The second-order valence-electron chi connectivity index (χ2n) is 4.73. The van der Waals surface area contributed by atoms with E-state index in [4.69, 9.17) is 0 Å². The summed E-state index contributed by atoms with van der Waals surface area (Å²) in [5.41, 5.74) is 1.10. The number of imide groups is 1. The fourth-order valence-corrected chi connectivity index (χ4v) is 2.66. The van der Waals surface area contributed by atoms with Gasteiger partial charge >= 0.3 is 0 Å². The largest absolute Gasteiger partial charge is 0.304 e. The Labute approximate surface area is 99.8 Å². The van der Waals surface area contributed by atoms with Crippen LogP contribution in [0.5, 0.6) is 0 Å². The predicted octanol–water partition coefficient (Wildman–Crippen LogP) is 0.987. The van der Waals surface area contributed by atoms with Gasteiger partial charge in [-0.15, -0.1) is 0 Å². The third kappa shape index (κ3) is 1.48. The number of hydrogen-bond acceptors (Lipinski definition) is 3. The molecule has 1 atom stereocenters. The van der Waals surface area contributed by atoms with Crippen molar-refractivity contribution in [3.05, 3.63) is 35.4 Å². The van der Waals surface area contributed by atoms with Crippen LogP contribution < -0.4 is 0 Å². The lowest BCUT2D eigenvalue weighted by Gasteiger charge is -2.21. The maximum Gasteiger partial charge on any atom is 0.261 e. The molecule has 0 radical (unpaired) electrons. The average Bonchev–Trinajstić information content (AvgIpc) is 2.84. The summed E-state index contributed by atoms with van der Waals surface area (Å²) in [6.45, 7) is 1.73. The molecule has 0 bridgehead atoms. The van der Waals surface area contributed by atoms with E-state index in [9.17, 15) is 9.59 Å². The summed E-state index contributed by atoms with van der Waals surface area (Å²) in [5.74, 6) is -0.267. The zero-order chi connectivity index (χ0) is 12.0. The molecule has 3 rings (SSSR count). The highest BCUT2D eigenvalue weighted by Crippen LogP contribution is 2.27. The fraction of sp³-hybridized carbons (Fsp3) is 0.385. The number of carbonyl (C=O) groups is 2. The Morgan fingerprint density at radius 1 is 1.12 bits per heavy atom. The first-order chi connectivity index (χ1) is 8.18. The van der Waals surface area contributed by atoms with E-state index in [-0.39, 0.29) is 17.9 Å². The summed E-state index contributed by atoms with van der Waals surface area (Å²) in [7, 11) is 2.01. The maximum atomic E-state index is 12.2. The molecule has 0 N–H and O–H groups in total. The molecule has 1 aromatic rings. The highest BCUT2D eigenvalue weighted by molar-refractivity contribution is 6.21. The summed E-state index contributed by atoms with van der Waals surface area (Å²) in [6.07, 6.45) is 0.877. The van der Waals surface area contributed by atoms with E-state index in [1.165, 1.54) is 4.90 Å². The Bertz CT molecular complexity index is 463. The number of fused-ring (bicyclic) bond motifs is 1. The van der Waals surface area contributed by atoms with E-state index in [1.54, 1.807) is 24.3 Å². The lowest BCUT2D eigenvalue weighted by atomic mass is 10.1.